The van der Waals surface area contributed by atoms with Crippen molar-refractivity contribution in [3.05, 3.63) is 48.0 Å². The predicted octanol–water partition coefficient (Wildman–Crippen LogP) is 3.91. The van der Waals surface area contributed by atoms with Crippen LogP contribution in [0, 0.1) is 5.92 Å². The SMILES string of the molecule is CC(C)C(=O)NCCC1CN(S(=O)(=O)c2cccc(C(F)(F)F)c2)c2cc(NC(=O)O)ccc2O1. The molecule has 190 valence electrons. The van der Waals surface area contributed by atoms with Gasteiger partial charge in [-0.05, 0) is 36.4 Å². The molecule has 3 rings (SSSR count). The van der Waals surface area contributed by atoms with Crippen LogP contribution in [0.5, 0.6) is 5.75 Å². The summed E-state index contributed by atoms with van der Waals surface area (Å²) < 4.78 is 73.3. The summed E-state index contributed by atoms with van der Waals surface area (Å²) in [6.45, 7) is 3.36. The standard InChI is InChI=1S/C22H24F3N3O6S/c1-13(2)20(29)26-9-8-16-12-28(18-11-15(27-21(30)31)6-7-19(18)34-16)35(32,33)17-5-3-4-14(10-17)22(23,24)25/h3-7,10-11,13,16,27H,8-9,12H2,1-2H3,(H,26,29)(H,30,31). The summed E-state index contributed by atoms with van der Waals surface area (Å²) in [5, 5.41) is 13.8. The first kappa shape index (κ1) is 26.1. The van der Waals surface area contributed by atoms with E-state index in [9.17, 15) is 31.2 Å². The van der Waals surface area contributed by atoms with E-state index in [2.05, 4.69) is 10.6 Å². The number of nitrogens with zero attached hydrogens (tertiary/aromatic N) is 1. The van der Waals surface area contributed by atoms with E-state index in [4.69, 9.17) is 9.84 Å². The highest BCUT2D eigenvalue weighted by Gasteiger charge is 2.37. The molecule has 0 aromatic heterocycles. The van der Waals surface area contributed by atoms with E-state index in [1.165, 1.54) is 18.2 Å². The average Bonchev–Trinajstić information content (AvgIpc) is 2.77. The number of anilines is 2. The van der Waals surface area contributed by atoms with Crippen LogP contribution in [-0.4, -0.2) is 44.7 Å². The minimum atomic E-state index is -4.75. The summed E-state index contributed by atoms with van der Waals surface area (Å²) in [5.74, 6) is -0.345. The molecule has 2 aromatic carbocycles. The van der Waals surface area contributed by atoms with E-state index in [0.717, 1.165) is 22.5 Å². The van der Waals surface area contributed by atoms with E-state index >= 15 is 0 Å². The first-order valence-electron chi connectivity index (χ1n) is 10.6. The molecule has 13 heteroatoms. The van der Waals surface area contributed by atoms with Gasteiger partial charge in [-0.2, -0.15) is 13.2 Å². The van der Waals surface area contributed by atoms with E-state index in [1.807, 2.05) is 0 Å². The van der Waals surface area contributed by atoms with E-state index < -0.39 is 38.9 Å². The first-order valence-corrected chi connectivity index (χ1v) is 12.0. The van der Waals surface area contributed by atoms with Crippen molar-refractivity contribution in [3.8, 4) is 5.75 Å². The van der Waals surface area contributed by atoms with Crippen molar-refractivity contribution in [2.24, 2.45) is 5.92 Å². The highest BCUT2D eigenvalue weighted by atomic mass is 32.2. The topological polar surface area (TPSA) is 125 Å². The fraction of sp³-hybridized carbons (Fsp3) is 0.364. The van der Waals surface area contributed by atoms with Crippen LogP contribution in [0.4, 0.5) is 29.3 Å². The molecule has 0 saturated carbocycles. The molecule has 0 bridgehead atoms. The molecular weight excluding hydrogens is 491 g/mol. The molecule has 1 aliphatic heterocycles. The van der Waals surface area contributed by atoms with E-state index in [-0.39, 0.29) is 48.5 Å². The molecule has 1 heterocycles. The van der Waals surface area contributed by atoms with Crippen molar-refractivity contribution in [3.63, 3.8) is 0 Å². The number of benzene rings is 2. The third kappa shape index (κ3) is 6.15. The van der Waals surface area contributed by atoms with Gasteiger partial charge in [0.25, 0.3) is 10.0 Å². The lowest BCUT2D eigenvalue weighted by Crippen LogP contribution is -2.45. The summed E-state index contributed by atoms with van der Waals surface area (Å²) in [5.41, 5.74) is -1.11. The van der Waals surface area contributed by atoms with E-state index in [0.29, 0.717) is 6.07 Å². The molecule has 0 spiro atoms. The maximum atomic E-state index is 13.5. The van der Waals surface area contributed by atoms with Crippen LogP contribution in [0.15, 0.2) is 47.4 Å². The van der Waals surface area contributed by atoms with Crippen LogP contribution in [0.25, 0.3) is 0 Å². The van der Waals surface area contributed by atoms with Gasteiger partial charge in [0.2, 0.25) is 5.91 Å². The molecule has 0 fully saturated rings. The molecule has 1 atom stereocenters. The Morgan fingerprint density at radius 1 is 1.20 bits per heavy atom. The number of carbonyl (C=O) groups excluding carboxylic acids is 1. The third-order valence-electron chi connectivity index (χ3n) is 5.18. The maximum Gasteiger partial charge on any atom is 0.416 e. The van der Waals surface area contributed by atoms with Crippen molar-refractivity contribution in [1.29, 1.82) is 0 Å². The fourth-order valence-corrected chi connectivity index (χ4v) is 4.96. The number of sulfonamides is 1. The van der Waals surface area contributed by atoms with Crippen molar-refractivity contribution in [1.82, 2.24) is 5.32 Å². The zero-order valence-electron chi connectivity index (χ0n) is 18.8. The summed E-state index contributed by atoms with van der Waals surface area (Å²) >= 11 is 0. The molecule has 3 N–H and O–H groups in total. The molecule has 1 aliphatic rings. The Kier molecular flexibility index (Phi) is 7.48. The van der Waals surface area contributed by atoms with Crippen LogP contribution < -0.4 is 19.7 Å². The number of fused-ring (bicyclic) bond motifs is 1. The van der Waals surface area contributed by atoms with Gasteiger partial charge >= 0.3 is 12.3 Å². The number of alkyl halides is 3. The van der Waals surface area contributed by atoms with Crippen LogP contribution in [0.3, 0.4) is 0 Å². The average molecular weight is 516 g/mol. The zero-order chi connectivity index (χ0) is 26.0. The van der Waals surface area contributed by atoms with Gasteiger partial charge in [0.15, 0.2) is 0 Å². The lowest BCUT2D eigenvalue weighted by Gasteiger charge is -2.36. The normalized spacial score (nSPS) is 15.8. The van der Waals surface area contributed by atoms with Gasteiger partial charge in [0.05, 0.1) is 22.7 Å². The molecule has 0 radical (unpaired) electrons. The molecule has 2 aromatic rings. The number of ether oxygens (including phenoxy) is 1. The number of rotatable bonds is 7. The number of carbonyl (C=O) groups is 2. The molecular formula is C22H24F3N3O6S. The zero-order valence-corrected chi connectivity index (χ0v) is 19.6. The van der Waals surface area contributed by atoms with Gasteiger partial charge in [0, 0.05) is 24.6 Å². The first-order chi connectivity index (χ1) is 16.3. The Balaban J connectivity index is 1.98. The molecule has 0 aliphatic carbocycles. The summed E-state index contributed by atoms with van der Waals surface area (Å²) in [4.78, 5) is 22.3. The second-order valence-electron chi connectivity index (χ2n) is 8.15. The van der Waals surface area contributed by atoms with E-state index in [1.54, 1.807) is 13.8 Å². The highest BCUT2D eigenvalue weighted by molar-refractivity contribution is 7.92. The fourth-order valence-electron chi connectivity index (χ4n) is 3.41. The summed E-state index contributed by atoms with van der Waals surface area (Å²) in [7, 11) is -4.50. The number of nitrogens with one attached hydrogen (secondary N) is 2. The third-order valence-corrected chi connectivity index (χ3v) is 6.96. The van der Waals surface area contributed by atoms with Crippen LogP contribution in [0.1, 0.15) is 25.8 Å². The Morgan fingerprint density at radius 3 is 2.54 bits per heavy atom. The van der Waals surface area contributed by atoms with Gasteiger partial charge in [-0.1, -0.05) is 19.9 Å². The van der Waals surface area contributed by atoms with Crippen LogP contribution in [0.2, 0.25) is 0 Å². The van der Waals surface area contributed by atoms with Gasteiger partial charge in [-0.25, -0.2) is 13.2 Å². The number of amides is 2. The van der Waals surface area contributed by atoms with Crippen LogP contribution in [-0.2, 0) is 21.0 Å². The quantitative estimate of drug-likeness (QED) is 0.514. The largest absolute Gasteiger partial charge is 0.486 e. The lowest BCUT2D eigenvalue weighted by atomic mass is 10.1. The second kappa shape index (κ2) is 10.0. The molecule has 2 amide bonds. The van der Waals surface area contributed by atoms with Crippen molar-refractivity contribution in [2.75, 3.05) is 22.7 Å². The minimum Gasteiger partial charge on any atom is -0.486 e. The van der Waals surface area contributed by atoms with Gasteiger partial charge in [-0.15, -0.1) is 0 Å². The number of halogens is 3. The smallest absolute Gasteiger partial charge is 0.416 e. The summed E-state index contributed by atoms with van der Waals surface area (Å²) in [6.07, 6.45) is -6.63. The van der Waals surface area contributed by atoms with Gasteiger partial charge in [-0.3, -0.25) is 14.4 Å². The monoisotopic (exact) mass is 515 g/mol. The lowest BCUT2D eigenvalue weighted by molar-refractivity contribution is -0.137. The Labute approximate surface area is 199 Å². The predicted molar refractivity (Wildman–Crippen MR) is 121 cm³/mol. The molecule has 9 nitrogen and oxygen atoms in total. The van der Waals surface area contributed by atoms with Crippen molar-refractivity contribution in [2.45, 2.75) is 37.4 Å². The van der Waals surface area contributed by atoms with Crippen molar-refractivity contribution < 1.29 is 41.0 Å². The highest BCUT2D eigenvalue weighted by Crippen LogP contribution is 2.40. The minimum absolute atomic E-state index is 0.0314. The van der Waals surface area contributed by atoms with Crippen LogP contribution >= 0.6 is 0 Å². The Bertz CT molecular complexity index is 1220. The molecule has 35 heavy (non-hydrogen) atoms. The molecule has 1 unspecified atom stereocenters. The van der Waals surface area contributed by atoms with Crippen molar-refractivity contribution >= 4 is 33.4 Å². The van der Waals surface area contributed by atoms with Gasteiger partial charge in [0.1, 0.15) is 11.9 Å². The number of hydrogen-bond donors (Lipinski definition) is 3. The Morgan fingerprint density at radius 2 is 1.91 bits per heavy atom. The summed E-state index contributed by atoms with van der Waals surface area (Å²) in [6, 6.07) is 7.32. The number of carboxylic acid groups (broad SMARTS) is 1. The number of hydrogen-bond acceptors (Lipinski definition) is 5. The maximum absolute atomic E-state index is 13.5. The van der Waals surface area contributed by atoms with Gasteiger partial charge < -0.3 is 15.2 Å². The molecule has 0 saturated heterocycles. The Hall–Kier alpha value is -3.48. The second-order valence-corrected chi connectivity index (χ2v) is 10.0.